The van der Waals surface area contributed by atoms with Crippen LogP contribution in [0.2, 0.25) is 0 Å². The molecule has 0 spiro atoms. The highest BCUT2D eigenvalue weighted by Crippen LogP contribution is 2.40. The molecule has 0 bridgehead atoms. The molecule has 5 nitrogen and oxygen atoms in total. The Bertz CT molecular complexity index is 1030. The Morgan fingerprint density at radius 1 is 1.09 bits per heavy atom. The van der Waals surface area contributed by atoms with Crippen LogP contribution in [0.3, 0.4) is 0 Å². The fraction of sp³-hybridized carbons (Fsp3) is 0.391. The second kappa shape index (κ2) is 11.4. The van der Waals surface area contributed by atoms with Crippen molar-refractivity contribution in [1.29, 1.82) is 0 Å². The largest absolute Gasteiger partial charge is 0.493 e. The molecule has 2 aromatic heterocycles. The van der Waals surface area contributed by atoms with Gasteiger partial charge in [0.1, 0.15) is 11.4 Å². The molecule has 3 rings (SSSR count). The number of nitrogens with two attached hydrogens (primary N) is 1. The van der Waals surface area contributed by atoms with Crippen molar-refractivity contribution in [3.63, 3.8) is 0 Å². The minimum absolute atomic E-state index is 0.0141. The Hall–Kier alpha value is -2.72. The molecule has 0 saturated heterocycles. The zero-order valence-corrected chi connectivity index (χ0v) is 19.1. The Labute approximate surface area is 194 Å². The first-order valence-electron chi connectivity index (χ1n) is 10.8. The van der Waals surface area contributed by atoms with Crippen molar-refractivity contribution in [1.82, 2.24) is 9.97 Å². The number of ether oxygens (including phenoxy) is 1. The molecule has 0 amide bonds. The van der Waals surface area contributed by atoms with Gasteiger partial charge in [0.15, 0.2) is 0 Å². The number of anilines is 2. The number of aromatic nitrogens is 2. The molecule has 2 heterocycles. The molecule has 0 atom stereocenters. The molecule has 0 aliphatic carbocycles. The number of alkyl halides is 3. The smallest absolute Gasteiger partial charge is 0.420 e. The number of benzene rings is 1. The van der Waals surface area contributed by atoms with Gasteiger partial charge in [-0.2, -0.15) is 17.6 Å². The van der Waals surface area contributed by atoms with Crippen molar-refractivity contribution < 1.29 is 22.3 Å². The number of pyridine rings is 1. The highest BCUT2D eigenvalue weighted by molar-refractivity contribution is 7.14. The van der Waals surface area contributed by atoms with E-state index in [0.717, 1.165) is 43.2 Å². The summed E-state index contributed by atoms with van der Waals surface area (Å²) in [6.45, 7) is 2.33. The number of hydrogen-bond donors (Lipinski definition) is 1. The molecule has 0 saturated carbocycles. The van der Waals surface area contributed by atoms with Gasteiger partial charge in [-0.05, 0) is 36.8 Å². The monoisotopic (exact) mass is 482 g/mol. The maximum Gasteiger partial charge on any atom is 0.420 e. The van der Waals surface area contributed by atoms with Gasteiger partial charge in [-0.3, -0.25) is 9.99 Å². The Kier molecular flexibility index (Phi) is 8.62. The quantitative estimate of drug-likeness (QED) is 0.136. The summed E-state index contributed by atoms with van der Waals surface area (Å²) in [4.78, 5) is 8.08. The number of halogens is 4. The maximum absolute atomic E-state index is 14.4. The first-order chi connectivity index (χ1) is 15.8. The zero-order valence-electron chi connectivity index (χ0n) is 18.2. The van der Waals surface area contributed by atoms with Crippen molar-refractivity contribution >= 4 is 22.2 Å². The van der Waals surface area contributed by atoms with Crippen LogP contribution in [0.5, 0.6) is 5.75 Å². The van der Waals surface area contributed by atoms with E-state index in [2.05, 4.69) is 16.9 Å². The predicted octanol–water partition coefficient (Wildman–Crippen LogP) is 7.11. The molecule has 1 aromatic carbocycles. The molecule has 0 aliphatic rings. The van der Waals surface area contributed by atoms with Crippen LogP contribution in [0.15, 0.2) is 42.7 Å². The Morgan fingerprint density at radius 3 is 2.55 bits per heavy atom. The zero-order chi connectivity index (χ0) is 23.8. The van der Waals surface area contributed by atoms with Gasteiger partial charge in [-0.25, -0.2) is 10.8 Å². The van der Waals surface area contributed by atoms with Crippen LogP contribution in [-0.4, -0.2) is 16.6 Å². The molecule has 0 aliphatic heterocycles. The van der Waals surface area contributed by atoms with Gasteiger partial charge in [0.25, 0.3) is 0 Å². The normalized spacial score (nSPS) is 11.6. The summed E-state index contributed by atoms with van der Waals surface area (Å²) in [5.74, 6) is 5.75. The third kappa shape index (κ3) is 6.64. The molecule has 10 heteroatoms. The first-order valence-corrected chi connectivity index (χ1v) is 11.6. The summed E-state index contributed by atoms with van der Waals surface area (Å²) in [6, 6.07) is 6.79. The molecule has 3 aromatic rings. The van der Waals surface area contributed by atoms with Crippen molar-refractivity contribution in [2.75, 3.05) is 11.6 Å². The molecule has 0 unspecified atom stereocenters. The lowest BCUT2D eigenvalue weighted by atomic mass is 10.1. The Balaban J connectivity index is 1.74. The molecule has 2 N–H and O–H groups in total. The topological polar surface area (TPSA) is 64.3 Å². The van der Waals surface area contributed by atoms with Crippen molar-refractivity contribution in [3.05, 3.63) is 53.4 Å². The third-order valence-electron chi connectivity index (χ3n) is 5.02. The number of nitrogens with zero attached hydrogens (tertiary/aromatic N) is 3. The summed E-state index contributed by atoms with van der Waals surface area (Å²) in [5.41, 5.74) is -0.444. The van der Waals surface area contributed by atoms with Crippen LogP contribution < -0.4 is 15.6 Å². The predicted molar refractivity (Wildman–Crippen MR) is 122 cm³/mol. The SMILES string of the molecule is CCCCCCCCOc1ccc(N(N)c2nc(-c3cccnc3)c(F)s2)cc1C(F)(F)F. The molecular formula is C23H26F4N4OS. The highest BCUT2D eigenvalue weighted by Gasteiger charge is 2.35. The number of hydrogen-bond acceptors (Lipinski definition) is 6. The average molecular weight is 483 g/mol. The maximum atomic E-state index is 14.4. The van der Waals surface area contributed by atoms with Crippen molar-refractivity contribution in [3.8, 4) is 17.0 Å². The number of hydrazine groups is 1. The van der Waals surface area contributed by atoms with Crippen LogP contribution in [-0.2, 0) is 6.18 Å². The van der Waals surface area contributed by atoms with Crippen molar-refractivity contribution in [2.24, 2.45) is 5.84 Å². The minimum Gasteiger partial charge on any atom is -0.493 e. The second-order valence-corrected chi connectivity index (χ2v) is 8.45. The van der Waals surface area contributed by atoms with Crippen LogP contribution in [0.25, 0.3) is 11.3 Å². The van der Waals surface area contributed by atoms with Gasteiger partial charge in [0.05, 0.1) is 17.9 Å². The first kappa shape index (κ1) is 24.9. The molecule has 0 radical (unpaired) electrons. The number of rotatable bonds is 11. The standard InChI is InChI=1S/C23H26F4N4OS/c1-2-3-4-5-6-7-13-32-19-11-10-17(14-18(19)23(25,26)27)31(28)22-30-20(21(24)33-22)16-9-8-12-29-15-16/h8-12,14-15H,2-7,13,28H2,1H3. The Morgan fingerprint density at radius 2 is 1.85 bits per heavy atom. The van der Waals surface area contributed by atoms with Gasteiger partial charge in [-0.1, -0.05) is 50.4 Å². The summed E-state index contributed by atoms with van der Waals surface area (Å²) in [6.07, 6.45) is 4.38. The third-order valence-corrected chi connectivity index (χ3v) is 5.86. The van der Waals surface area contributed by atoms with Crippen LogP contribution in [0.1, 0.15) is 51.0 Å². The van der Waals surface area contributed by atoms with Crippen LogP contribution in [0, 0.1) is 5.13 Å². The summed E-state index contributed by atoms with van der Waals surface area (Å²) in [7, 11) is 0. The fourth-order valence-electron chi connectivity index (χ4n) is 3.26. The van der Waals surface area contributed by atoms with Crippen molar-refractivity contribution in [2.45, 2.75) is 51.6 Å². The lowest BCUT2D eigenvalue weighted by molar-refractivity contribution is -0.138. The van der Waals surface area contributed by atoms with Crippen LogP contribution in [0.4, 0.5) is 28.4 Å². The van der Waals surface area contributed by atoms with Crippen LogP contribution >= 0.6 is 11.3 Å². The highest BCUT2D eigenvalue weighted by atomic mass is 32.1. The summed E-state index contributed by atoms with van der Waals surface area (Å²) < 4.78 is 60.9. The van der Waals surface area contributed by atoms with E-state index < -0.39 is 16.9 Å². The van der Waals surface area contributed by atoms with Gasteiger partial charge in [0.2, 0.25) is 10.3 Å². The van der Waals surface area contributed by atoms with Gasteiger partial charge in [-0.15, -0.1) is 0 Å². The van der Waals surface area contributed by atoms with E-state index in [0.29, 0.717) is 23.3 Å². The minimum atomic E-state index is -4.64. The number of unbranched alkanes of at least 4 members (excludes halogenated alkanes) is 5. The number of thiazole rings is 1. The van der Waals surface area contributed by atoms with Gasteiger partial charge < -0.3 is 4.74 Å². The summed E-state index contributed by atoms with van der Waals surface area (Å²) in [5, 5.41) is 0.337. The average Bonchev–Trinajstić information content (AvgIpc) is 3.19. The van der Waals surface area contributed by atoms with E-state index >= 15 is 0 Å². The van der Waals surface area contributed by atoms with E-state index in [9.17, 15) is 17.6 Å². The summed E-state index contributed by atoms with van der Waals surface area (Å²) >= 11 is 0.637. The van der Waals surface area contributed by atoms with E-state index in [1.54, 1.807) is 18.3 Å². The van der Waals surface area contributed by atoms with E-state index in [1.807, 2.05) is 0 Å². The lowest BCUT2D eigenvalue weighted by Crippen LogP contribution is -2.25. The fourth-order valence-corrected chi connectivity index (χ4v) is 4.03. The molecular weight excluding hydrogens is 456 g/mol. The van der Waals surface area contributed by atoms with E-state index in [4.69, 9.17) is 10.6 Å². The van der Waals surface area contributed by atoms with E-state index in [1.165, 1.54) is 18.3 Å². The van der Waals surface area contributed by atoms with Gasteiger partial charge >= 0.3 is 6.18 Å². The van der Waals surface area contributed by atoms with E-state index in [-0.39, 0.29) is 28.9 Å². The molecule has 33 heavy (non-hydrogen) atoms. The second-order valence-electron chi connectivity index (χ2n) is 7.52. The molecule has 0 fully saturated rings. The molecule has 178 valence electrons. The lowest BCUT2D eigenvalue weighted by Gasteiger charge is -2.19. The van der Waals surface area contributed by atoms with Gasteiger partial charge in [0, 0.05) is 18.0 Å².